The molecule has 0 amide bonds. The van der Waals surface area contributed by atoms with Crippen molar-refractivity contribution in [3.05, 3.63) is 24.3 Å². The molecule has 0 aliphatic carbocycles. The number of rotatable bonds is 4. The monoisotopic (exact) mass is 259 g/mol. The first-order valence-electron chi connectivity index (χ1n) is 4.81. The van der Waals surface area contributed by atoms with E-state index in [1.54, 1.807) is 38.1 Å². The number of hydrogen-bond donors (Lipinski definition) is 2. The lowest BCUT2D eigenvalue weighted by atomic mass is 10.3. The molecule has 1 atom stereocenters. The zero-order valence-corrected chi connectivity index (χ0v) is 10.8. The second-order valence-corrected chi connectivity index (χ2v) is 5.59. The molecule has 0 heterocycles. The van der Waals surface area contributed by atoms with E-state index in [0.29, 0.717) is 4.99 Å². The lowest BCUT2D eigenvalue weighted by Crippen LogP contribution is -2.08. The summed E-state index contributed by atoms with van der Waals surface area (Å²) in [6.45, 7) is 3.64. The van der Waals surface area contributed by atoms with Gasteiger partial charge in [-0.1, -0.05) is 12.2 Å². The predicted molar refractivity (Wildman–Crippen MR) is 69.4 cm³/mol. The lowest BCUT2D eigenvalue weighted by Gasteiger charge is -2.11. The Bertz CT molecular complexity index is 419. The summed E-state index contributed by atoms with van der Waals surface area (Å²) < 4.78 is 16.4. The van der Waals surface area contributed by atoms with Gasteiger partial charge in [-0.15, -0.1) is 0 Å². The fourth-order valence-corrected chi connectivity index (χ4v) is 2.33. The van der Waals surface area contributed by atoms with Gasteiger partial charge in [0.25, 0.3) is 0 Å². The van der Waals surface area contributed by atoms with Crippen molar-refractivity contribution in [3.8, 4) is 0 Å². The van der Waals surface area contributed by atoms with Crippen molar-refractivity contribution in [2.75, 3.05) is 11.9 Å². The van der Waals surface area contributed by atoms with Crippen LogP contribution >= 0.6 is 19.8 Å². The fourth-order valence-electron chi connectivity index (χ4n) is 1.19. The Morgan fingerprint density at radius 2 is 2.06 bits per heavy atom. The van der Waals surface area contributed by atoms with Gasteiger partial charge in [0.1, 0.15) is 0 Å². The summed E-state index contributed by atoms with van der Waals surface area (Å²) in [5, 5.41) is 3.21. The maximum Gasteiger partial charge on any atom is 0.358 e. The lowest BCUT2D eigenvalue weighted by molar-refractivity contribution is 0.284. The molecule has 1 rings (SSSR count). The van der Waals surface area contributed by atoms with E-state index in [1.807, 2.05) is 0 Å². The number of thiocarbonyl (C=S) groups is 1. The van der Waals surface area contributed by atoms with E-state index in [0.717, 1.165) is 5.69 Å². The molecule has 0 aliphatic heterocycles. The molecule has 0 radical (unpaired) electrons. The highest BCUT2D eigenvalue weighted by molar-refractivity contribution is 7.80. The quantitative estimate of drug-likeness (QED) is 0.641. The molecule has 4 nitrogen and oxygen atoms in total. The van der Waals surface area contributed by atoms with Crippen LogP contribution in [0.15, 0.2) is 24.3 Å². The topological polar surface area (TPSA) is 58.6 Å². The molecule has 0 saturated heterocycles. The third-order valence-electron chi connectivity index (χ3n) is 1.82. The van der Waals surface area contributed by atoms with E-state index < -0.39 is 7.60 Å². The Labute approximate surface area is 100 Å². The Morgan fingerprint density at radius 3 is 2.50 bits per heavy atom. The highest BCUT2D eigenvalue weighted by Crippen LogP contribution is 2.40. The van der Waals surface area contributed by atoms with Crippen molar-refractivity contribution >= 4 is 35.8 Å². The molecule has 1 aromatic carbocycles. The average molecular weight is 259 g/mol. The standard InChI is InChI=1S/C10H14NO3PS/c1-3-14-15(12,13)10-6-4-9(5-7-10)11-8(2)16/h4-7H,3H2,1-2H3,(H,11,16)(H,12,13). The van der Waals surface area contributed by atoms with Crippen LogP contribution in [-0.2, 0) is 9.09 Å². The maximum absolute atomic E-state index is 11.6. The highest BCUT2D eigenvalue weighted by atomic mass is 32.1. The second-order valence-electron chi connectivity index (χ2n) is 3.17. The smallest absolute Gasteiger partial charge is 0.350 e. The minimum absolute atomic E-state index is 0.201. The summed E-state index contributed by atoms with van der Waals surface area (Å²) in [5.41, 5.74) is 0.785. The molecule has 0 aromatic heterocycles. The van der Waals surface area contributed by atoms with Crippen LogP contribution in [0, 0.1) is 0 Å². The van der Waals surface area contributed by atoms with Crippen LogP contribution in [0.3, 0.4) is 0 Å². The van der Waals surface area contributed by atoms with Crippen LogP contribution in [0.1, 0.15) is 13.8 Å². The van der Waals surface area contributed by atoms with Crippen molar-refractivity contribution < 1.29 is 14.0 Å². The van der Waals surface area contributed by atoms with Crippen LogP contribution in [0.25, 0.3) is 0 Å². The van der Waals surface area contributed by atoms with E-state index in [9.17, 15) is 9.46 Å². The van der Waals surface area contributed by atoms with E-state index in [4.69, 9.17) is 16.7 Å². The molecule has 88 valence electrons. The summed E-state index contributed by atoms with van der Waals surface area (Å²) in [6.07, 6.45) is 0. The van der Waals surface area contributed by atoms with Crippen LogP contribution in [0.2, 0.25) is 0 Å². The molecule has 1 unspecified atom stereocenters. The summed E-state index contributed by atoms with van der Waals surface area (Å²) >= 11 is 4.89. The number of hydrogen-bond acceptors (Lipinski definition) is 3. The first-order valence-corrected chi connectivity index (χ1v) is 6.80. The van der Waals surface area contributed by atoms with E-state index in [-0.39, 0.29) is 11.9 Å². The summed E-state index contributed by atoms with van der Waals surface area (Å²) in [4.78, 5) is 10.2. The van der Waals surface area contributed by atoms with Crippen molar-refractivity contribution in [2.45, 2.75) is 13.8 Å². The molecule has 16 heavy (non-hydrogen) atoms. The van der Waals surface area contributed by atoms with Gasteiger partial charge in [-0.25, -0.2) is 0 Å². The van der Waals surface area contributed by atoms with Crippen molar-refractivity contribution in [3.63, 3.8) is 0 Å². The minimum Gasteiger partial charge on any atom is -0.350 e. The molecular weight excluding hydrogens is 245 g/mol. The highest BCUT2D eigenvalue weighted by Gasteiger charge is 2.21. The summed E-state index contributed by atoms with van der Waals surface area (Å²) in [7, 11) is -3.66. The van der Waals surface area contributed by atoms with Gasteiger partial charge >= 0.3 is 7.60 Å². The molecule has 0 bridgehead atoms. The molecule has 0 aliphatic rings. The van der Waals surface area contributed by atoms with Crippen molar-refractivity contribution in [1.82, 2.24) is 0 Å². The molecular formula is C10H14NO3PS. The van der Waals surface area contributed by atoms with Crippen molar-refractivity contribution in [2.24, 2.45) is 0 Å². The van der Waals surface area contributed by atoms with Gasteiger partial charge in [0.05, 0.1) is 16.9 Å². The SMILES string of the molecule is CCOP(=O)(O)c1ccc(NC(C)=S)cc1. The maximum atomic E-state index is 11.6. The fraction of sp³-hybridized carbons (Fsp3) is 0.300. The van der Waals surface area contributed by atoms with Gasteiger partial charge in [-0.3, -0.25) is 4.57 Å². The third-order valence-corrected chi connectivity index (χ3v) is 3.48. The average Bonchev–Trinajstić information content (AvgIpc) is 2.17. The Balaban J connectivity index is 2.86. The first kappa shape index (κ1) is 13.3. The first-order chi connectivity index (χ1) is 7.45. The Hall–Kier alpha value is -0.740. The molecule has 6 heteroatoms. The number of benzene rings is 1. The van der Waals surface area contributed by atoms with Gasteiger partial charge in [0, 0.05) is 5.69 Å². The van der Waals surface area contributed by atoms with Gasteiger partial charge < -0.3 is 14.7 Å². The zero-order valence-electron chi connectivity index (χ0n) is 9.14. The predicted octanol–water partition coefficient (Wildman–Crippen LogP) is 2.29. The van der Waals surface area contributed by atoms with E-state index >= 15 is 0 Å². The molecule has 2 N–H and O–H groups in total. The molecule has 0 fully saturated rings. The van der Waals surface area contributed by atoms with Gasteiger partial charge in [0.15, 0.2) is 0 Å². The zero-order chi connectivity index (χ0) is 12.2. The van der Waals surface area contributed by atoms with Crippen molar-refractivity contribution in [1.29, 1.82) is 0 Å². The van der Waals surface area contributed by atoms with Crippen LogP contribution in [0.4, 0.5) is 5.69 Å². The summed E-state index contributed by atoms with van der Waals surface area (Å²) in [5.74, 6) is 0. The third kappa shape index (κ3) is 3.68. The van der Waals surface area contributed by atoms with Crippen LogP contribution in [-0.4, -0.2) is 16.5 Å². The number of nitrogens with one attached hydrogen (secondary N) is 1. The second kappa shape index (κ2) is 5.55. The van der Waals surface area contributed by atoms with Crippen LogP contribution in [0.5, 0.6) is 0 Å². The molecule has 0 saturated carbocycles. The molecule has 0 spiro atoms. The van der Waals surface area contributed by atoms with Gasteiger partial charge in [-0.05, 0) is 38.1 Å². The minimum atomic E-state index is -3.66. The van der Waals surface area contributed by atoms with Gasteiger partial charge in [-0.2, -0.15) is 0 Å². The van der Waals surface area contributed by atoms with Gasteiger partial charge in [0.2, 0.25) is 0 Å². The van der Waals surface area contributed by atoms with Crippen LogP contribution < -0.4 is 10.6 Å². The number of anilines is 1. The molecule has 1 aromatic rings. The van der Waals surface area contributed by atoms with E-state index in [2.05, 4.69) is 5.32 Å². The Morgan fingerprint density at radius 1 is 1.50 bits per heavy atom. The summed E-state index contributed by atoms with van der Waals surface area (Å²) in [6, 6.07) is 6.48. The Kier molecular flexibility index (Phi) is 4.62. The normalized spacial score (nSPS) is 14.2. The van der Waals surface area contributed by atoms with E-state index in [1.165, 1.54) is 0 Å². The largest absolute Gasteiger partial charge is 0.358 e.